The molecule has 1 aliphatic carbocycles. The van der Waals surface area contributed by atoms with Crippen LogP contribution in [0.15, 0.2) is 48.5 Å². The van der Waals surface area contributed by atoms with Crippen molar-refractivity contribution in [3.63, 3.8) is 0 Å². The van der Waals surface area contributed by atoms with Gasteiger partial charge in [0.1, 0.15) is 0 Å². The largest absolute Gasteiger partial charge is 0.481 e. The molecule has 0 aromatic heterocycles. The highest BCUT2D eigenvalue weighted by atomic mass is 16.4. The molecule has 0 aliphatic heterocycles. The number of aryl methyl sites for hydroxylation is 1. The molecule has 0 saturated heterocycles. The lowest BCUT2D eigenvalue weighted by Crippen LogP contribution is -2.51. The lowest BCUT2D eigenvalue weighted by atomic mass is 9.70. The average Bonchev–Trinajstić information content (AvgIpc) is 2.51. The first-order valence-corrected chi connectivity index (χ1v) is 8.19. The molecule has 24 heavy (non-hydrogen) atoms. The normalized spacial score (nSPS) is 15.4. The molecular formula is C20H21NO3. The van der Waals surface area contributed by atoms with Gasteiger partial charge in [-0.25, -0.2) is 0 Å². The molecule has 0 atom stereocenters. The maximum absolute atomic E-state index is 12.7. The first-order chi connectivity index (χ1) is 11.5. The van der Waals surface area contributed by atoms with Crippen LogP contribution in [0.2, 0.25) is 0 Å². The number of hydrogen-bond acceptors (Lipinski definition) is 2. The lowest BCUT2D eigenvalue weighted by molar-refractivity contribution is -0.136. The zero-order valence-corrected chi connectivity index (χ0v) is 13.7. The van der Waals surface area contributed by atoms with E-state index in [1.54, 1.807) is 24.3 Å². The summed E-state index contributed by atoms with van der Waals surface area (Å²) in [5.41, 5.74) is 3.19. The number of carbonyl (C=O) groups is 2. The van der Waals surface area contributed by atoms with E-state index in [0.29, 0.717) is 11.1 Å². The predicted molar refractivity (Wildman–Crippen MR) is 92.0 cm³/mol. The Bertz CT molecular complexity index is 778. The molecule has 1 amide bonds. The molecule has 1 saturated carbocycles. The summed E-state index contributed by atoms with van der Waals surface area (Å²) in [4.78, 5) is 23.6. The SMILES string of the molecule is Cc1ccccc1C1(NC(=O)c2cccc(CC(=O)O)c2)CCC1. The summed E-state index contributed by atoms with van der Waals surface area (Å²) in [6.07, 6.45) is 2.87. The molecule has 0 radical (unpaired) electrons. The number of rotatable bonds is 5. The second-order valence-corrected chi connectivity index (χ2v) is 6.48. The first-order valence-electron chi connectivity index (χ1n) is 8.19. The molecule has 124 valence electrons. The minimum Gasteiger partial charge on any atom is -0.481 e. The Hall–Kier alpha value is -2.62. The van der Waals surface area contributed by atoms with Crippen LogP contribution < -0.4 is 5.32 Å². The van der Waals surface area contributed by atoms with Gasteiger partial charge in [-0.2, -0.15) is 0 Å². The molecule has 0 unspecified atom stereocenters. The first kappa shape index (κ1) is 16.2. The van der Waals surface area contributed by atoms with Gasteiger partial charge < -0.3 is 10.4 Å². The highest BCUT2D eigenvalue weighted by Crippen LogP contribution is 2.42. The Kier molecular flexibility index (Phi) is 4.38. The van der Waals surface area contributed by atoms with Crippen LogP contribution in [-0.4, -0.2) is 17.0 Å². The Morgan fingerprint density at radius 2 is 1.88 bits per heavy atom. The molecule has 0 heterocycles. The standard InChI is InChI=1S/C20H21NO3/c1-14-6-2-3-9-17(14)20(10-5-11-20)21-19(24)16-8-4-7-15(12-16)13-18(22)23/h2-4,6-9,12H,5,10-11,13H2,1H3,(H,21,24)(H,22,23). The van der Waals surface area contributed by atoms with Crippen LogP contribution in [0.4, 0.5) is 0 Å². The van der Waals surface area contributed by atoms with Crippen molar-refractivity contribution >= 4 is 11.9 Å². The van der Waals surface area contributed by atoms with Crippen molar-refractivity contribution in [2.45, 2.75) is 38.1 Å². The van der Waals surface area contributed by atoms with Gasteiger partial charge >= 0.3 is 5.97 Å². The summed E-state index contributed by atoms with van der Waals surface area (Å²) in [5.74, 6) is -1.05. The number of carboxylic acids is 1. The molecule has 4 nitrogen and oxygen atoms in total. The van der Waals surface area contributed by atoms with Gasteiger partial charge in [0.15, 0.2) is 0 Å². The third kappa shape index (κ3) is 3.18. The van der Waals surface area contributed by atoms with Crippen LogP contribution >= 0.6 is 0 Å². The fourth-order valence-electron chi connectivity index (χ4n) is 3.39. The number of carbonyl (C=O) groups excluding carboxylic acids is 1. The third-order valence-electron chi connectivity index (χ3n) is 4.77. The third-order valence-corrected chi connectivity index (χ3v) is 4.77. The van der Waals surface area contributed by atoms with Gasteiger partial charge in [-0.05, 0) is 55.0 Å². The lowest BCUT2D eigenvalue weighted by Gasteiger charge is -2.44. The molecule has 2 aromatic rings. The van der Waals surface area contributed by atoms with E-state index in [1.165, 1.54) is 11.1 Å². The van der Waals surface area contributed by atoms with E-state index >= 15 is 0 Å². The maximum atomic E-state index is 12.7. The number of amides is 1. The monoisotopic (exact) mass is 323 g/mol. The Balaban J connectivity index is 1.83. The van der Waals surface area contributed by atoms with Gasteiger partial charge in [-0.3, -0.25) is 9.59 Å². The van der Waals surface area contributed by atoms with E-state index < -0.39 is 5.97 Å². The summed E-state index contributed by atoms with van der Waals surface area (Å²) >= 11 is 0. The molecule has 1 aliphatic rings. The van der Waals surface area contributed by atoms with Gasteiger partial charge in [0.2, 0.25) is 0 Å². The van der Waals surface area contributed by atoms with Crippen LogP contribution in [0, 0.1) is 6.92 Å². The number of aliphatic carboxylic acids is 1. The van der Waals surface area contributed by atoms with Gasteiger partial charge in [0, 0.05) is 5.56 Å². The van der Waals surface area contributed by atoms with Gasteiger partial charge in [-0.15, -0.1) is 0 Å². The Morgan fingerprint density at radius 1 is 1.12 bits per heavy atom. The highest BCUT2D eigenvalue weighted by Gasteiger charge is 2.40. The summed E-state index contributed by atoms with van der Waals surface area (Å²) in [7, 11) is 0. The molecule has 1 fully saturated rings. The highest BCUT2D eigenvalue weighted by molar-refractivity contribution is 5.95. The quantitative estimate of drug-likeness (QED) is 0.886. The molecule has 2 N–H and O–H groups in total. The molecule has 0 bridgehead atoms. The van der Waals surface area contributed by atoms with E-state index in [-0.39, 0.29) is 17.9 Å². The van der Waals surface area contributed by atoms with Crippen LogP contribution in [0.3, 0.4) is 0 Å². The second kappa shape index (κ2) is 6.48. The van der Waals surface area contributed by atoms with Crippen molar-refractivity contribution in [2.75, 3.05) is 0 Å². The minimum absolute atomic E-state index is 0.0793. The average molecular weight is 323 g/mol. The molecule has 0 spiro atoms. The Labute approximate surface area is 141 Å². The second-order valence-electron chi connectivity index (χ2n) is 6.48. The van der Waals surface area contributed by atoms with Gasteiger partial charge in [-0.1, -0.05) is 36.4 Å². The predicted octanol–water partition coefficient (Wildman–Crippen LogP) is 3.43. The van der Waals surface area contributed by atoms with Crippen LogP contribution in [0.25, 0.3) is 0 Å². The fraction of sp³-hybridized carbons (Fsp3) is 0.300. The van der Waals surface area contributed by atoms with E-state index in [0.717, 1.165) is 19.3 Å². The van der Waals surface area contributed by atoms with E-state index in [1.807, 2.05) is 12.1 Å². The van der Waals surface area contributed by atoms with E-state index in [9.17, 15) is 9.59 Å². The van der Waals surface area contributed by atoms with Crippen molar-refractivity contribution < 1.29 is 14.7 Å². The number of nitrogens with one attached hydrogen (secondary N) is 1. The zero-order valence-electron chi connectivity index (χ0n) is 13.7. The van der Waals surface area contributed by atoms with Crippen molar-refractivity contribution in [1.82, 2.24) is 5.32 Å². The molecular weight excluding hydrogens is 302 g/mol. The van der Waals surface area contributed by atoms with Crippen LogP contribution in [0.1, 0.15) is 46.3 Å². The van der Waals surface area contributed by atoms with E-state index in [4.69, 9.17) is 5.11 Å². The van der Waals surface area contributed by atoms with Crippen molar-refractivity contribution in [3.05, 3.63) is 70.8 Å². The zero-order chi connectivity index (χ0) is 17.2. The van der Waals surface area contributed by atoms with Crippen LogP contribution in [-0.2, 0) is 16.8 Å². The number of benzene rings is 2. The molecule has 2 aromatic carbocycles. The van der Waals surface area contributed by atoms with Gasteiger partial charge in [0.05, 0.1) is 12.0 Å². The Morgan fingerprint density at radius 3 is 2.50 bits per heavy atom. The summed E-state index contributed by atoms with van der Waals surface area (Å²) in [5, 5.41) is 12.1. The maximum Gasteiger partial charge on any atom is 0.307 e. The fourth-order valence-corrected chi connectivity index (χ4v) is 3.39. The minimum atomic E-state index is -0.900. The summed E-state index contributed by atoms with van der Waals surface area (Å²) in [6, 6.07) is 15.0. The van der Waals surface area contributed by atoms with Gasteiger partial charge in [0.25, 0.3) is 5.91 Å². The van der Waals surface area contributed by atoms with Crippen molar-refractivity contribution in [1.29, 1.82) is 0 Å². The topological polar surface area (TPSA) is 66.4 Å². The number of hydrogen-bond donors (Lipinski definition) is 2. The molecule has 4 heteroatoms. The summed E-state index contributed by atoms with van der Waals surface area (Å²) in [6.45, 7) is 2.06. The van der Waals surface area contributed by atoms with E-state index in [2.05, 4.69) is 24.4 Å². The number of carboxylic acid groups (broad SMARTS) is 1. The van der Waals surface area contributed by atoms with Crippen molar-refractivity contribution in [3.8, 4) is 0 Å². The summed E-state index contributed by atoms with van der Waals surface area (Å²) < 4.78 is 0. The van der Waals surface area contributed by atoms with Crippen LogP contribution in [0.5, 0.6) is 0 Å². The smallest absolute Gasteiger partial charge is 0.307 e. The van der Waals surface area contributed by atoms with Crippen molar-refractivity contribution in [2.24, 2.45) is 0 Å². The molecule has 3 rings (SSSR count).